The summed E-state index contributed by atoms with van der Waals surface area (Å²) in [6, 6.07) is 68.7. The lowest BCUT2D eigenvalue weighted by Crippen LogP contribution is -3.00. The van der Waals surface area contributed by atoms with E-state index < -0.39 is 28.5 Å². The van der Waals surface area contributed by atoms with E-state index in [0.717, 1.165) is 0 Å². The molecule has 16 nitrogen and oxygen atoms in total. The lowest BCUT2D eigenvalue weighted by Gasteiger charge is -2.26. The molecule has 132 heavy (non-hydrogen) atoms. The van der Waals surface area contributed by atoms with Crippen LogP contribution in [0.2, 0.25) is 0 Å². The molecule has 0 spiro atoms. The van der Waals surface area contributed by atoms with Crippen LogP contribution in [0.15, 0.2) is 218 Å². The summed E-state index contributed by atoms with van der Waals surface area (Å²) in [7, 11) is 27.4. The zero-order valence-electron chi connectivity index (χ0n) is 88.4. The van der Waals surface area contributed by atoms with Crippen LogP contribution in [-0.2, 0) is 0 Å². The van der Waals surface area contributed by atoms with Crippen molar-refractivity contribution in [1.82, 2.24) is 0 Å². The van der Waals surface area contributed by atoms with Crippen LogP contribution < -0.4 is 101 Å². The Hall–Kier alpha value is -9.74. The number of hydrogen-bond acceptors (Lipinski definition) is 8. The van der Waals surface area contributed by atoms with Crippen molar-refractivity contribution in [1.29, 1.82) is 0 Å². The molecule has 0 heterocycles. The fourth-order valence-corrected chi connectivity index (χ4v) is 18.2. The van der Waals surface area contributed by atoms with E-state index in [1.54, 1.807) is 72.8 Å². The molecule has 0 saturated carbocycles. The molecule has 0 aromatic heterocycles. The second kappa shape index (κ2) is 60.5. The number of nitrogens with one attached hydrogen (secondary N) is 8. The van der Waals surface area contributed by atoms with Gasteiger partial charge in [-0.2, -0.15) is 0 Å². The molecule has 12 aromatic carbocycles. The zero-order chi connectivity index (χ0) is 101. The minimum Gasteiger partial charge on any atom is -0.889 e. The molecule has 0 radical (unpaired) electrons. The third-order valence-electron chi connectivity index (χ3n) is 21.7. The summed E-state index contributed by atoms with van der Waals surface area (Å²) < 4.78 is 0. The van der Waals surface area contributed by atoms with Crippen molar-refractivity contribution in [3.05, 3.63) is 352 Å². The highest BCUT2D eigenvalue weighted by atomic mass is 16.4. The van der Waals surface area contributed by atoms with E-state index in [1.165, 1.54) is 267 Å². The number of hydrogen-bond donors (Lipinski definition) is 8. The minimum absolute atomic E-state index is 0.303. The molecule has 0 aliphatic carbocycles. The summed E-state index contributed by atoms with van der Waals surface area (Å²) in [4.78, 5) is 11.3. The summed E-state index contributed by atoms with van der Waals surface area (Å²) in [5, 5.41) is 81.4. The van der Waals surface area contributed by atoms with Gasteiger partial charge in [-0.25, -0.2) is 0 Å². The zero-order valence-corrected chi connectivity index (χ0v) is 88.4. The summed E-state index contributed by atoms with van der Waals surface area (Å²) in [5.74, 6) is 0. The van der Waals surface area contributed by atoms with Gasteiger partial charge in [-0.15, -0.1) is 21.9 Å². The monoisotopic (exact) mass is 1790 g/mol. The van der Waals surface area contributed by atoms with Crippen molar-refractivity contribution >= 4 is 95.8 Å². The van der Waals surface area contributed by atoms with E-state index in [4.69, 9.17) is 0 Å². The first-order chi connectivity index (χ1) is 61.4. The number of rotatable bonds is 12. The Labute approximate surface area is 801 Å². The van der Waals surface area contributed by atoms with Crippen LogP contribution >= 0.6 is 0 Å². The predicted molar refractivity (Wildman–Crippen MR) is 552 cm³/mol. The average Bonchev–Trinajstić information content (AvgIpc) is 0.872. The summed E-state index contributed by atoms with van der Waals surface area (Å²) >= 11 is 0. The van der Waals surface area contributed by atoms with Gasteiger partial charge >= 0.3 is 0 Å². The van der Waals surface area contributed by atoms with Gasteiger partial charge in [-0.3, -0.25) is 0 Å². The van der Waals surface area contributed by atoms with Gasteiger partial charge in [0.2, 0.25) is 0 Å². The van der Waals surface area contributed by atoms with E-state index in [1.807, 2.05) is 0 Å². The second-order valence-corrected chi connectivity index (χ2v) is 37.2. The van der Waals surface area contributed by atoms with E-state index in [2.05, 4.69) is 376 Å². The molecule has 0 saturated heterocycles. The summed E-state index contributed by atoms with van der Waals surface area (Å²) in [5.41, 5.74) is 45.8. The van der Waals surface area contributed by atoms with E-state index in [-0.39, 0.29) is 0 Å². The molecule has 0 fully saturated rings. The second-order valence-electron chi connectivity index (χ2n) is 37.2. The molecule has 0 amide bonds. The smallest absolute Gasteiger partial charge is 0.136 e. The average molecular weight is 1790 g/mol. The van der Waals surface area contributed by atoms with Gasteiger partial charge in [0.1, 0.15) is 45.5 Å². The minimum atomic E-state index is -1.84. The molecule has 0 aliphatic rings. The molecule has 0 atom stereocenters. The van der Waals surface area contributed by atoms with Gasteiger partial charge in [-0.1, -0.05) is 291 Å². The Balaban J connectivity index is 0.000000721. The normalized spacial score (nSPS) is 10.4. The topological polar surface area (TPSA) is 220 Å². The molecule has 712 valence electrons. The van der Waals surface area contributed by atoms with E-state index in [9.17, 15) is 40.2 Å². The van der Waals surface area contributed by atoms with Crippen molar-refractivity contribution in [2.75, 3.05) is 113 Å². The molecular formula is C112H164B4N8O8. The van der Waals surface area contributed by atoms with Crippen molar-refractivity contribution in [2.45, 2.75) is 166 Å². The lowest BCUT2D eigenvalue weighted by atomic mass is 9.81. The Morgan fingerprint density at radius 1 is 0.136 bits per heavy atom. The number of quaternary nitrogens is 8. The molecule has 0 aliphatic heterocycles. The highest BCUT2D eigenvalue weighted by Gasteiger charge is 2.16. The quantitative estimate of drug-likeness (QED) is 0.0845. The molecule has 8 N–H and O–H groups in total. The van der Waals surface area contributed by atoms with Crippen LogP contribution in [0.5, 0.6) is 0 Å². The molecule has 0 unspecified atom stereocenters. The van der Waals surface area contributed by atoms with Gasteiger partial charge in [0.25, 0.3) is 0 Å². The number of aryl methyl sites for hydroxylation is 24. The van der Waals surface area contributed by atoms with Gasteiger partial charge in [0.05, 0.1) is 113 Å². The first kappa shape index (κ1) is 120. The van der Waals surface area contributed by atoms with E-state index in [0.29, 0.717) is 21.9 Å². The maximum atomic E-state index is 10.2. The van der Waals surface area contributed by atoms with Crippen molar-refractivity contribution in [3.8, 4) is 0 Å². The lowest BCUT2D eigenvalue weighted by molar-refractivity contribution is -0.787. The highest BCUT2D eigenvalue weighted by Crippen LogP contribution is 2.24. The van der Waals surface area contributed by atoms with Crippen LogP contribution in [0, 0.1) is 166 Å². The fraction of sp³-hybridized carbons (Fsp3) is 0.357. The van der Waals surface area contributed by atoms with Crippen molar-refractivity contribution in [3.63, 3.8) is 0 Å². The molecule has 12 aromatic rings. The standard InChI is InChI=1S/8C11H17N.4C6H5BO2/c8*1-8-6-9(2)11(12(4)5)10(3)7-8;4*8-7(9)6-4-2-1-3-5-6/h8*6-7H,1-5H3;4*1-5H/q;;;;;;;;4*-2/p+8. The van der Waals surface area contributed by atoms with Gasteiger partial charge in [-0.05, 0) is 166 Å². The predicted octanol–water partition coefficient (Wildman–Crippen LogP) is 3.51. The summed E-state index contributed by atoms with van der Waals surface area (Å²) in [6.45, 7) is 52.1. The number of benzene rings is 12. The fourth-order valence-electron chi connectivity index (χ4n) is 18.2. The first-order valence-electron chi connectivity index (χ1n) is 45.9. The summed E-state index contributed by atoms with van der Waals surface area (Å²) in [6.07, 6.45) is 0. The Morgan fingerprint density at radius 3 is 0.265 bits per heavy atom. The third-order valence-corrected chi connectivity index (χ3v) is 21.7. The van der Waals surface area contributed by atoms with Gasteiger partial charge in [0.15, 0.2) is 0 Å². The molecular weight excluding hydrogens is 1630 g/mol. The van der Waals surface area contributed by atoms with Crippen LogP contribution in [0.4, 0.5) is 45.5 Å². The van der Waals surface area contributed by atoms with E-state index >= 15 is 0 Å². The molecule has 20 heteroatoms. The maximum absolute atomic E-state index is 10.2. The van der Waals surface area contributed by atoms with Gasteiger partial charge < -0.3 is 79.4 Å². The van der Waals surface area contributed by atoms with Crippen LogP contribution in [0.25, 0.3) is 0 Å². The van der Waals surface area contributed by atoms with Crippen LogP contribution in [0.1, 0.15) is 134 Å². The Morgan fingerprint density at radius 2 is 0.212 bits per heavy atom. The van der Waals surface area contributed by atoms with Crippen molar-refractivity contribution < 1.29 is 79.4 Å². The Bertz CT molecular complexity index is 4300. The highest BCUT2D eigenvalue weighted by molar-refractivity contribution is 6.56. The maximum Gasteiger partial charge on any atom is 0.136 e. The van der Waals surface area contributed by atoms with Crippen LogP contribution in [0.3, 0.4) is 0 Å². The van der Waals surface area contributed by atoms with Crippen LogP contribution in [-0.4, -0.2) is 141 Å². The molecule has 0 bridgehead atoms. The molecule has 12 rings (SSSR count). The largest absolute Gasteiger partial charge is 0.889 e. The van der Waals surface area contributed by atoms with Gasteiger partial charge in [0, 0.05) is 89.0 Å². The third kappa shape index (κ3) is 43.5. The Kier molecular flexibility index (Phi) is 55.1. The SMILES string of the molecule is Cc1cc(C)c([NH+](C)C)c(C)c1.Cc1cc(C)c([NH+](C)C)c(C)c1.Cc1cc(C)c([NH+](C)C)c(C)c1.Cc1cc(C)c([NH+](C)C)c(C)c1.Cc1cc(C)c([NH+](C)C)c(C)c1.Cc1cc(C)c([NH+](C)C)c(C)c1.Cc1cc(C)c([NH+](C)C)c(C)c1.Cc1cc(C)c([NH+](C)C)c(C)c1.[O-]B([O-])c1ccccc1.[O-]B([O-])c1ccccc1.[O-]B([O-])c1ccccc1.[O-]B([O-])c1ccccc1. The van der Waals surface area contributed by atoms with Crippen molar-refractivity contribution in [2.24, 2.45) is 0 Å². The first-order valence-corrected chi connectivity index (χ1v) is 45.9.